The molecule has 5 nitrogen and oxygen atoms in total. The Morgan fingerprint density at radius 1 is 1.12 bits per heavy atom. The molecule has 3 aromatic rings. The number of nitrogens with zero attached hydrogens (tertiary/aromatic N) is 3. The fraction of sp³-hybridized carbons (Fsp3) is 0.300. The van der Waals surface area contributed by atoms with Gasteiger partial charge in [0.2, 0.25) is 0 Å². The molecule has 0 saturated heterocycles. The molecule has 1 amide bonds. The highest BCUT2D eigenvalue weighted by Crippen LogP contribution is 2.29. The Bertz CT molecular complexity index is 877. The van der Waals surface area contributed by atoms with Crippen molar-refractivity contribution in [3.8, 4) is 5.75 Å². The number of anilines is 1. The SMILES string of the molecule is Cc1ccc2nc(N(CCN(C)C)C(=O)COc3ccccc3)sc2c1. The van der Waals surface area contributed by atoms with Crippen LogP contribution in [0.4, 0.5) is 5.13 Å². The number of aryl methyl sites for hydroxylation is 1. The number of thiazole rings is 1. The van der Waals surface area contributed by atoms with Gasteiger partial charge in [0, 0.05) is 13.1 Å². The molecule has 0 radical (unpaired) electrons. The van der Waals surface area contributed by atoms with Gasteiger partial charge in [-0.1, -0.05) is 35.6 Å². The summed E-state index contributed by atoms with van der Waals surface area (Å²) in [5.41, 5.74) is 2.11. The standard InChI is InChI=1S/C20H23N3O2S/c1-15-9-10-17-18(13-15)26-20(21-17)23(12-11-22(2)3)19(24)14-25-16-7-5-4-6-8-16/h4-10,13H,11-12,14H2,1-3H3. The zero-order valence-corrected chi connectivity index (χ0v) is 16.1. The van der Waals surface area contributed by atoms with Crippen molar-refractivity contribution >= 4 is 32.6 Å². The van der Waals surface area contributed by atoms with E-state index in [0.29, 0.717) is 17.4 Å². The van der Waals surface area contributed by atoms with Gasteiger partial charge in [-0.25, -0.2) is 4.98 Å². The molecule has 0 N–H and O–H groups in total. The molecule has 0 spiro atoms. The van der Waals surface area contributed by atoms with Crippen LogP contribution >= 0.6 is 11.3 Å². The third-order valence-electron chi connectivity index (χ3n) is 3.94. The second kappa shape index (κ2) is 8.29. The van der Waals surface area contributed by atoms with Gasteiger partial charge in [0.1, 0.15) is 5.75 Å². The van der Waals surface area contributed by atoms with Gasteiger partial charge in [0.25, 0.3) is 5.91 Å². The van der Waals surface area contributed by atoms with Crippen LogP contribution in [0.5, 0.6) is 5.75 Å². The molecule has 1 aromatic heterocycles. The quantitative estimate of drug-likeness (QED) is 0.639. The summed E-state index contributed by atoms with van der Waals surface area (Å²) >= 11 is 1.54. The lowest BCUT2D eigenvalue weighted by atomic mass is 10.2. The number of para-hydroxylation sites is 1. The summed E-state index contributed by atoms with van der Waals surface area (Å²) in [6.07, 6.45) is 0. The molecule has 136 valence electrons. The number of aromatic nitrogens is 1. The molecule has 2 aromatic carbocycles. The maximum Gasteiger partial charge on any atom is 0.266 e. The highest BCUT2D eigenvalue weighted by atomic mass is 32.1. The molecule has 6 heteroatoms. The minimum atomic E-state index is -0.0912. The Hall–Kier alpha value is -2.44. The number of fused-ring (bicyclic) bond motifs is 1. The van der Waals surface area contributed by atoms with Crippen molar-refractivity contribution in [2.45, 2.75) is 6.92 Å². The van der Waals surface area contributed by atoms with Crippen LogP contribution in [0.3, 0.4) is 0 Å². The molecule has 0 fully saturated rings. The van der Waals surface area contributed by atoms with Crippen LogP contribution in [-0.2, 0) is 4.79 Å². The average Bonchev–Trinajstić information content (AvgIpc) is 3.03. The Morgan fingerprint density at radius 3 is 2.62 bits per heavy atom. The third-order valence-corrected chi connectivity index (χ3v) is 4.98. The maximum absolute atomic E-state index is 12.8. The van der Waals surface area contributed by atoms with Gasteiger partial charge >= 0.3 is 0 Å². The van der Waals surface area contributed by atoms with Gasteiger partial charge in [-0.3, -0.25) is 9.69 Å². The lowest BCUT2D eigenvalue weighted by molar-refractivity contribution is -0.120. The van der Waals surface area contributed by atoms with Crippen molar-refractivity contribution in [3.05, 3.63) is 54.1 Å². The molecule has 3 rings (SSSR count). The number of carbonyl (C=O) groups excluding carboxylic acids is 1. The van der Waals surface area contributed by atoms with Crippen molar-refractivity contribution < 1.29 is 9.53 Å². The zero-order valence-electron chi connectivity index (χ0n) is 15.3. The van der Waals surface area contributed by atoms with Crippen LogP contribution < -0.4 is 9.64 Å². The minimum absolute atomic E-state index is 0.00754. The van der Waals surface area contributed by atoms with E-state index in [4.69, 9.17) is 4.74 Å². The molecular formula is C20H23N3O2S. The summed E-state index contributed by atoms with van der Waals surface area (Å²) in [6.45, 7) is 3.38. The number of benzene rings is 2. The predicted molar refractivity (Wildman–Crippen MR) is 107 cm³/mol. The zero-order chi connectivity index (χ0) is 18.5. The van der Waals surface area contributed by atoms with E-state index in [1.165, 1.54) is 5.56 Å². The lowest BCUT2D eigenvalue weighted by Crippen LogP contribution is -2.39. The number of likely N-dealkylation sites (N-methyl/N-ethyl adjacent to an activating group) is 1. The summed E-state index contributed by atoms with van der Waals surface area (Å²) in [6, 6.07) is 15.5. The number of amides is 1. The van der Waals surface area contributed by atoms with E-state index in [2.05, 4.69) is 22.9 Å². The van der Waals surface area contributed by atoms with E-state index in [0.717, 1.165) is 16.8 Å². The first kappa shape index (κ1) is 18.4. The summed E-state index contributed by atoms with van der Waals surface area (Å²) in [5.74, 6) is 0.597. The van der Waals surface area contributed by atoms with Crippen LogP contribution in [0.1, 0.15) is 5.56 Å². The first-order chi connectivity index (χ1) is 12.5. The Balaban J connectivity index is 1.79. The molecule has 0 aliphatic heterocycles. The monoisotopic (exact) mass is 369 g/mol. The van der Waals surface area contributed by atoms with Crippen molar-refractivity contribution in [2.24, 2.45) is 0 Å². The summed E-state index contributed by atoms with van der Waals surface area (Å²) in [7, 11) is 3.98. The molecule has 0 saturated carbocycles. The summed E-state index contributed by atoms with van der Waals surface area (Å²) in [4.78, 5) is 21.3. The normalized spacial score (nSPS) is 11.1. The van der Waals surface area contributed by atoms with E-state index in [1.807, 2.05) is 56.6 Å². The highest BCUT2D eigenvalue weighted by Gasteiger charge is 2.20. The smallest absolute Gasteiger partial charge is 0.266 e. The van der Waals surface area contributed by atoms with Crippen molar-refractivity contribution in [1.29, 1.82) is 0 Å². The number of ether oxygens (including phenoxy) is 1. The van der Waals surface area contributed by atoms with Gasteiger partial charge in [-0.15, -0.1) is 0 Å². The molecule has 0 bridgehead atoms. The van der Waals surface area contributed by atoms with E-state index in [9.17, 15) is 4.79 Å². The van der Waals surface area contributed by atoms with Crippen LogP contribution in [0.2, 0.25) is 0 Å². The van der Waals surface area contributed by atoms with Gasteiger partial charge in [-0.2, -0.15) is 0 Å². The highest BCUT2D eigenvalue weighted by molar-refractivity contribution is 7.22. The Kier molecular flexibility index (Phi) is 5.85. The van der Waals surface area contributed by atoms with Gasteiger partial charge < -0.3 is 9.64 Å². The first-order valence-electron chi connectivity index (χ1n) is 8.53. The van der Waals surface area contributed by atoms with Crippen LogP contribution in [-0.4, -0.2) is 49.6 Å². The van der Waals surface area contributed by atoms with Crippen molar-refractivity contribution in [1.82, 2.24) is 9.88 Å². The van der Waals surface area contributed by atoms with Gasteiger partial charge in [-0.05, 0) is 50.8 Å². The number of carbonyl (C=O) groups is 1. The van der Waals surface area contributed by atoms with Crippen molar-refractivity contribution in [2.75, 3.05) is 38.7 Å². The van der Waals surface area contributed by atoms with E-state index in [1.54, 1.807) is 16.2 Å². The molecular weight excluding hydrogens is 346 g/mol. The molecule has 0 unspecified atom stereocenters. The van der Waals surface area contributed by atoms with Crippen molar-refractivity contribution in [3.63, 3.8) is 0 Å². The second-order valence-electron chi connectivity index (χ2n) is 6.42. The summed E-state index contributed by atoms with van der Waals surface area (Å²) < 4.78 is 6.73. The maximum atomic E-state index is 12.8. The number of hydrogen-bond acceptors (Lipinski definition) is 5. The summed E-state index contributed by atoms with van der Waals surface area (Å²) in [5, 5.41) is 0.717. The topological polar surface area (TPSA) is 45.7 Å². The van der Waals surface area contributed by atoms with Gasteiger partial charge in [0.05, 0.1) is 10.2 Å². The third kappa shape index (κ3) is 4.59. The molecule has 0 aliphatic carbocycles. The Labute approximate surface area is 157 Å². The molecule has 0 atom stereocenters. The fourth-order valence-corrected chi connectivity index (χ4v) is 3.61. The fourth-order valence-electron chi connectivity index (χ4n) is 2.50. The van der Waals surface area contributed by atoms with E-state index >= 15 is 0 Å². The Morgan fingerprint density at radius 2 is 1.88 bits per heavy atom. The number of hydrogen-bond donors (Lipinski definition) is 0. The molecule has 0 aliphatic rings. The van der Waals surface area contributed by atoms with Crippen LogP contribution in [0.25, 0.3) is 10.2 Å². The van der Waals surface area contributed by atoms with Crippen LogP contribution in [0.15, 0.2) is 48.5 Å². The minimum Gasteiger partial charge on any atom is -0.484 e. The lowest BCUT2D eigenvalue weighted by Gasteiger charge is -2.22. The first-order valence-corrected chi connectivity index (χ1v) is 9.35. The number of rotatable bonds is 7. The van der Waals surface area contributed by atoms with Gasteiger partial charge in [0.15, 0.2) is 11.7 Å². The van der Waals surface area contributed by atoms with E-state index < -0.39 is 0 Å². The molecule has 26 heavy (non-hydrogen) atoms. The predicted octanol–water partition coefficient (Wildman–Crippen LogP) is 3.58. The van der Waals surface area contributed by atoms with E-state index in [-0.39, 0.29) is 12.5 Å². The molecule has 1 heterocycles. The van der Waals surface area contributed by atoms with Crippen LogP contribution in [0, 0.1) is 6.92 Å². The second-order valence-corrected chi connectivity index (χ2v) is 7.43. The largest absolute Gasteiger partial charge is 0.484 e. The average molecular weight is 369 g/mol.